The number of aromatic carboxylic acids is 1. The Morgan fingerprint density at radius 1 is 1.21 bits per heavy atom. The summed E-state index contributed by atoms with van der Waals surface area (Å²) in [6.45, 7) is -0.241. The molecule has 0 atom stereocenters. The predicted molar refractivity (Wildman–Crippen MR) is 99.4 cm³/mol. The number of aromatic nitrogens is 4. The highest BCUT2D eigenvalue weighted by Gasteiger charge is 2.15. The molecule has 11 nitrogen and oxygen atoms in total. The van der Waals surface area contributed by atoms with Crippen molar-refractivity contribution < 1.29 is 14.7 Å². The summed E-state index contributed by atoms with van der Waals surface area (Å²) in [5.74, 6) is -1.66. The van der Waals surface area contributed by atoms with Gasteiger partial charge in [-0.05, 0) is 6.07 Å². The summed E-state index contributed by atoms with van der Waals surface area (Å²) >= 11 is 0. The van der Waals surface area contributed by atoms with E-state index in [1.165, 1.54) is 41.8 Å². The number of fused-ring (bicyclic) bond motifs is 1. The number of nitrogens with zero attached hydrogens (tertiary/aromatic N) is 5. The minimum atomic E-state index is -1.11. The van der Waals surface area contributed by atoms with Crippen LogP contribution >= 0.6 is 0 Å². The molecule has 0 fully saturated rings. The van der Waals surface area contributed by atoms with Crippen LogP contribution in [0.2, 0.25) is 0 Å². The molecule has 0 saturated carbocycles. The number of hydrogen-bond acceptors (Lipinski definition) is 6. The van der Waals surface area contributed by atoms with Gasteiger partial charge < -0.3 is 9.67 Å². The summed E-state index contributed by atoms with van der Waals surface area (Å²) in [6, 6.07) is 6.20. The van der Waals surface area contributed by atoms with E-state index in [1.54, 1.807) is 18.2 Å². The van der Waals surface area contributed by atoms with E-state index in [0.29, 0.717) is 5.56 Å². The highest BCUT2D eigenvalue weighted by molar-refractivity contribution is 5.98. The first kappa shape index (κ1) is 18.8. The van der Waals surface area contributed by atoms with Crippen LogP contribution in [0.15, 0.2) is 45.3 Å². The zero-order chi connectivity index (χ0) is 20.4. The molecule has 1 amide bonds. The Morgan fingerprint density at radius 3 is 2.64 bits per heavy atom. The van der Waals surface area contributed by atoms with Crippen molar-refractivity contribution in [3.05, 3.63) is 62.6 Å². The number of aryl methyl sites for hydroxylation is 1. The monoisotopic (exact) mass is 384 g/mol. The first-order chi connectivity index (χ1) is 13.3. The van der Waals surface area contributed by atoms with Crippen LogP contribution in [-0.2, 0) is 25.4 Å². The molecule has 0 radical (unpaired) electrons. The van der Waals surface area contributed by atoms with Crippen molar-refractivity contribution in [3.63, 3.8) is 0 Å². The van der Waals surface area contributed by atoms with Gasteiger partial charge in [0.05, 0.1) is 18.1 Å². The molecular weight excluding hydrogens is 368 g/mol. The number of imidazole rings is 1. The quantitative estimate of drug-likeness (QED) is 0.439. The lowest BCUT2D eigenvalue weighted by Crippen LogP contribution is -2.37. The summed E-state index contributed by atoms with van der Waals surface area (Å²) in [5.41, 5.74) is 1.84. The van der Waals surface area contributed by atoms with Crippen LogP contribution in [0.1, 0.15) is 15.9 Å². The Labute approximate surface area is 157 Å². The van der Waals surface area contributed by atoms with Crippen molar-refractivity contribution in [2.24, 2.45) is 19.2 Å². The molecule has 144 valence electrons. The lowest BCUT2D eigenvalue weighted by atomic mass is 10.1. The van der Waals surface area contributed by atoms with E-state index in [4.69, 9.17) is 5.11 Å². The molecule has 3 rings (SSSR count). The number of carboxylic acid groups (broad SMARTS) is 1. The Bertz CT molecular complexity index is 1230. The van der Waals surface area contributed by atoms with Gasteiger partial charge in [-0.25, -0.2) is 20.0 Å². The molecular formula is C17H16N6O5. The minimum absolute atomic E-state index is 0.0481. The summed E-state index contributed by atoms with van der Waals surface area (Å²) in [5, 5.41) is 12.9. The summed E-state index contributed by atoms with van der Waals surface area (Å²) in [6.07, 6.45) is 2.51. The van der Waals surface area contributed by atoms with Gasteiger partial charge in [-0.15, -0.1) is 0 Å². The van der Waals surface area contributed by atoms with E-state index >= 15 is 0 Å². The van der Waals surface area contributed by atoms with Crippen LogP contribution in [0.3, 0.4) is 0 Å². The molecule has 0 aliphatic rings. The fraction of sp³-hybridized carbons (Fsp3) is 0.176. The smallest absolute Gasteiger partial charge is 0.336 e. The third-order valence-electron chi connectivity index (χ3n) is 4.11. The standard InChI is InChI=1S/C17H16N6O5/c1-21-14-13(15(25)22(2)17(21)28)18-9-23(14)8-12(24)20-19-7-10-5-3-4-6-11(10)16(26)27/h3-7,9H,8H2,1-2H3,(H,20,24)(H,26,27). The van der Waals surface area contributed by atoms with Crippen molar-refractivity contribution >= 4 is 29.3 Å². The number of hydrogen-bond donors (Lipinski definition) is 2. The average molecular weight is 384 g/mol. The lowest BCUT2D eigenvalue weighted by molar-refractivity contribution is -0.121. The van der Waals surface area contributed by atoms with E-state index in [2.05, 4.69) is 15.5 Å². The largest absolute Gasteiger partial charge is 0.478 e. The van der Waals surface area contributed by atoms with Crippen molar-refractivity contribution in [2.45, 2.75) is 6.54 Å². The van der Waals surface area contributed by atoms with E-state index < -0.39 is 23.1 Å². The number of rotatable bonds is 5. The molecule has 0 spiro atoms. The summed E-state index contributed by atoms with van der Waals surface area (Å²) in [4.78, 5) is 51.5. The molecule has 2 aromatic heterocycles. The molecule has 0 bridgehead atoms. The topological polar surface area (TPSA) is 141 Å². The summed E-state index contributed by atoms with van der Waals surface area (Å²) in [7, 11) is 2.82. The highest BCUT2D eigenvalue weighted by atomic mass is 16.4. The maximum atomic E-state index is 12.2. The van der Waals surface area contributed by atoms with Crippen LogP contribution < -0.4 is 16.7 Å². The molecule has 0 aliphatic heterocycles. The van der Waals surface area contributed by atoms with Crippen molar-refractivity contribution in [2.75, 3.05) is 0 Å². The average Bonchev–Trinajstić information content (AvgIpc) is 3.08. The van der Waals surface area contributed by atoms with E-state index in [-0.39, 0.29) is 23.3 Å². The van der Waals surface area contributed by atoms with Gasteiger partial charge in [0.1, 0.15) is 12.2 Å². The molecule has 11 heteroatoms. The van der Waals surface area contributed by atoms with Gasteiger partial charge in [0, 0.05) is 19.7 Å². The van der Waals surface area contributed by atoms with Crippen LogP contribution in [-0.4, -0.2) is 41.9 Å². The molecule has 2 heterocycles. The number of carbonyl (C=O) groups is 2. The minimum Gasteiger partial charge on any atom is -0.478 e. The van der Waals surface area contributed by atoms with Gasteiger partial charge in [0.15, 0.2) is 5.52 Å². The fourth-order valence-corrected chi connectivity index (χ4v) is 2.72. The van der Waals surface area contributed by atoms with E-state index in [9.17, 15) is 19.2 Å². The highest BCUT2D eigenvalue weighted by Crippen LogP contribution is 2.07. The lowest BCUT2D eigenvalue weighted by Gasteiger charge is -2.07. The Kier molecular flexibility index (Phi) is 4.90. The number of benzene rings is 1. The summed E-state index contributed by atoms with van der Waals surface area (Å²) < 4.78 is 3.52. The fourth-order valence-electron chi connectivity index (χ4n) is 2.72. The predicted octanol–water partition coefficient (Wildman–Crippen LogP) is -0.718. The van der Waals surface area contributed by atoms with Crippen LogP contribution in [0, 0.1) is 0 Å². The Balaban J connectivity index is 1.81. The van der Waals surface area contributed by atoms with E-state index in [0.717, 1.165) is 4.57 Å². The van der Waals surface area contributed by atoms with Gasteiger partial charge in [-0.3, -0.25) is 18.7 Å². The first-order valence-electron chi connectivity index (χ1n) is 8.06. The second-order valence-corrected chi connectivity index (χ2v) is 5.94. The van der Waals surface area contributed by atoms with E-state index in [1.807, 2.05) is 0 Å². The van der Waals surface area contributed by atoms with Crippen molar-refractivity contribution in [3.8, 4) is 0 Å². The zero-order valence-electron chi connectivity index (χ0n) is 15.0. The van der Waals surface area contributed by atoms with Crippen LogP contribution in [0.5, 0.6) is 0 Å². The van der Waals surface area contributed by atoms with Gasteiger partial charge in [-0.2, -0.15) is 5.10 Å². The van der Waals surface area contributed by atoms with Gasteiger partial charge in [0.25, 0.3) is 11.5 Å². The number of carboxylic acids is 1. The second kappa shape index (κ2) is 7.31. The van der Waals surface area contributed by atoms with Crippen molar-refractivity contribution in [1.29, 1.82) is 0 Å². The third kappa shape index (κ3) is 3.32. The molecule has 28 heavy (non-hydrogen) atoms. The number of nitrogens with one attached hydrogen (secondary N) is 1. The molecule has 3 aromatic rings. The maximum absolute atomic E-state index is 12.2. The molecule has 2 N–H and O–H groups in total. The molecule has 0 saturated heterocycles. The number of hydrazone groups is 1. The third-order valence-corrected chi connectivity index (χ3v) is 4.11. The Morgan fingerprint density at radius 2 is 1.93 bits per heavy atom. The van der Waals surface area contributed by atoms with Gasteiger partial charge >= 0.3 is 11.7 Å². The normalized spacial score (nSPS) is 11.2. The molecule has 0 aliphatic carbocycles. The Hall–Kier alpha value is -4.02. The van der Waals surface area contributed by atoms with Crippen molar-refractivity contribution in [1.82, 2.24) is 24.1 Å². The SMILES string of the molecule is Cn1c(=O)c2ncn(CC(=O)NN=Cc3ccccc3C(=O)O)c2n(C)c1=O. The second-order valence-electron chi connectivity index (χ2n) is 5.94. The first-order valence-corrected chi connectivity index (χ1v) is 8.06. The number of amides is 1. The zero-order valence-corrected chi connectivity index (χ0v) is 15.0. The van der Waals surface area contributed by atoms with Gasteiger partial charge in [-0.1, -0.05) is 18.2 Å². The molecule has 1 aromatic carbocycles. The van der Waals surface area contributed by atoms with Gasteiger partial charge in [0.2, 0.25) is 0 Å². The van der Waals surface area contributed by atoms with Crippen LogP contribution in [0.4, 0.5) is 0 Å². The maximum Gasteiger partial charge on any atom is 0.336 e. The van der Waals surface area contributed by atoms with Crippen LogP contribution in [0.25, 0.3) is 11.2 Å². The molecule has 0 unspecified atom stereocenters. The number of carbonyl (C=O) groups excluding carboxylic acids is 1.